The van der Waals surface area contributed by atoms with Crippen LogP contribution in [0.15, 0.2) is 96.0 Å². The zero-order chi connectivity index (χ0) is 23.3. The first-order valence-electron chi connectivity index (χ1n) is 10.2. The van der Waals surface area contributed by atoms with Crippen LogP contribution in [0.3, 0.4) is 0 Å². The van der Waals surface area contributed by atoms with Crippen LogP contribution in [0.25, 0.3) is 5.69 Å². The molecule has 0 aliphatic carbocycles. The number of rotatable bonds is 8. The number of hydrogen-bond acceptors (Lipinski definition) is 5. The number of hydrogen-bond donors (Lipinski definition) is 2. The fourth-order valence-electron chi connectivity index (χ4n) is 3.11. The number of sulfonamides is 1. The Morgan fingerprint density at radius 3 is 2.45 bits per heavy atom. The summed E-state index contributed by atoms with van der Waals surface area (Å²) in [5, 5.41) is 7.03. The second kappa shape index (κ2) is 9.58. The highest BCUT2D eigenvalue weighted by Crippen LogP contribution is 2.21. The van der Waals surface area contributed by atoms with Crippen LogP contribution in [-0.4, -0.2) is 30.7 Å². The van der Waals surface area contributed by atoms with Gasteiger partial charge < -0.3 is 10.1 Å². The Hall–Kier alpha value is -4.11. The van der Waals surface area contributed by atoms with E-state index < -0.39 is 15.9 Å². The van der Waals surface area contributed by atoms with Crippen LogP contribution in [0, 0.1) is 0 Å². The zero-order valence-electron chi connectivity index (χ0n) is 17.8. The molecule has 0 radical (unpaired) electrons. The van der Waals surface area contributed by atoms with Gasteiger partial charge in [-0.15, -0.1) is 0 Å². The Morgan fingerprint density at radius 1 is 0.970 bits per heavy atom. The van der Waals surface area contributed by atoms with E-state index >= 15 is 0 Å². The molecule has 0 atom stereocenters. The molecule has 0 saturated carbocycles. The molecule has 1 amide bonds. The van der Waals surface area contributed by atoms with Gasteiger partial charge in [0, 0.05) is 23.5 Å². The number of carbonyl (C=O) groups excluding carboxylic acids is 1. The van der Waals surface area contributed by atoms with Crippen molar-refractivity contribution in [3.8, 4) is 11.4 Å². The normalized spacial score (nSPS) is 11.1. The summed E-state index contributed by atoms with van der Waals surface area (Å²) in [6.45, 7) is 2.39. The molecular weight excluding hydrogens is 440 g/mol. The average Bonchev–Trinajstić information content (AvgIpc) is 3.29. The summed E-state index contributed by atoms with van der Waals surface area (Å²) >= 11 is 0. The summed E-state index contributed by atoms with van der Waals surface area (Å²) in [4.78, 5) is 12.7. The Morgan fingerprint density at radius 2 is 1.73 bits per heavy atom. The second-order valence-electron chi connectivity index (χ2n) is 7.03. The lowest BCUT2D eigenvalue weighted by Gasteiger charge is -2.10. The van der Waals surface area contributed by atoms with E-state index in [0.717, 1.165) is 5.69 Å². The standard InChI is InChI=1S/C24H22N4O4S/c1-2-32-21-13-11-19(12-14-21)27-33(30,31)22-10-6-7-18(17-22)24(29)25-23-15-16-28(26-23)20-8-4-3-5-9-20/h3-17,27H,2H2,1H3,(H,25,26,29). The van der Waals surface area contributed by atoms with Gasteiger partial charge in [-0.05, 0) is 61.5 Å². The lowest BCUT2D eigenvalue weighted by atomic mass is 10.2. The van der Waals surface area contributed by atoms with Crippen molar-refractivity contribution < 1.29 is 17.9 Å². The third-order valence-corrected chi connectivity index (χ3v) is 6.05. The van der Waals surface area contributed by atoms with Crippen LogP contribution in [0.2, 0.25) is 0 Å². The highest BCUT2D eigenvalue weighted by Gasteiger charge is 2.17. The van der Waals surface area contributed by atoms with Crippen LogP contribution in [-0.2, 0) is 10.0 Å². The number of anilines is 2. The minimum atomic E-state index is -3.89. The molecule has 0 aliphatic rings. The number of ether oxygens (including phenoxy) is 1. The first-order chi connectivity index (χ1) is 15.9. The maximum absolute atomic E-state index is 12.8. The van der Waals surface area contributed by atoms with Crippen LogP contribution in [0.4, 0.5) is 11.5 Å². The molecule has 1 aromatic heterocycles. The summed E-state index contributed by atoms with van der Waals surface area (Å²) in [5.74, 6) is 0.532. The van der Waals surface area contributed by atoms with E-state index in [1.54, 1.807) is 47.3 Å². The smallest absolute Gasteiger partial charge is 0.261 e. The molecule has 33 heavy (non-hydrogen) atoms. The summed E-state index contributed by atoms with van der Waals surface area (Å²) in [6, 6.07) is 23.5. The van der Waals surface area contributed by atoms with E-state index in [2.05, 4.69) is 15.1 Å². The SMILES string of the molecule is CCOc1ccc(NS(=O)(=O)c2cccc(C(=O)Nc3ccn(-c4ccccc4)n3)c2)cc1. The number of carbonyl (C=O) groups is 1. The molecule has 0 aliphatic heterocycles. The maximum atomic E-state index is 12.8. The molecule has 2 N–H and O–H groups in total. The van der Waals surface area contributed by atoms with Crippen LogP contribution >= 0.6 is 0 Å². The average molecular weight is 463 g/mol. The Kier molecular flexibility index (Phi) is 6.41. The summed E-state index contributed by atoms with van der Waals surface area (Å²) in [5.41, 5.74) is 1.44. The van der Waals surface area contributed by atoms with E-state index in [4.69, 9.17) is 4.74 Å². The van der Waals surface area contributed by atoms with E-state index in [0.29, 0.717) is 23.9 Å². The number of nitrogens with zero attached hydrogens (tertiary/aromatic N) is 2. The molecule has 1 heterocycles. The quantitative estimate of drug-likeness (QED) is 0.406. The maximum Gasteiger partial charge on any atom is 0.261 e. The highest BCUT2D eigenvalue weighted by atomic mass is 32.2. The lowest BCUT2D eigenvalue weighted by molar-refractivity contribution is 0.102. The van der Waals surface area contributed by atoms with Crippen molar-refractivity contribution in [3.05, 3.63) is 96.7 Å². The Bertz CT molecular complexity index is 1350. The second-order valence-corrected chi connectivity index (χ2v) is 8.71. The third kappa shape index (κ3) is 5.39. The number of aromatic nitrogens is 2. The highest BCUT2D eigenvalue weighted by molar-refractivity contribution is 7.92. The Labute approximate surface area is 191 Å². The lowest BCUT2D eigenvalue weighted by Crippen LogP contribution is -2.16. The molecule has 0 spiro atoms. The van der Waals surface area contributed by atoms with Gasteiger partial charge in [-0.1, -0.05) is 24.3 Å². The van der Waals surface area contributed by atoms with Gasteiger partial charge in [0.05, 0.1) is 17.2 Å². The van der Waals surface area contributed by atoms with Gasteiger partial charge in [-0.2, -0.15) is 5.10 Å². The number of para-hydroxylation sites is 1. The van der Waals surface area contributed by atoms with Crippen molar-refractivity contribution in [2.45, 2.75) is 11.8 Å². The summed E-state index contributed by atoms with van der Waals surface area (Å²) < 4.78 is 35.1. The van der Waals surface area contributed by atoms with E-state index in [1.807, 2.05) is 37.3 Å². The molecule has 0 bridgehead atoms. The van der Waals surface area contributed by atoms with Crippen molar-refractivity contribution >= 4 is 27.4 Å². The monoisotopic (exact) mass is 462 g/mol. The van der Waals surface area contributed by atoms with Crippen molar-refractivity contribution in [2.24, 2.45) is 0 Å². The first kappa shape index (κ1) is 22.1. The molecule has 4 rings (SSSR count). The molecule has 0 unspecified atom stereocenters. The van der Waals surface area contributed by atoms with Crippen molar-refractivity contribution in [1.82, 2.24) is 9.78 Å². The summed E-state index contributed by atoms with van der Waals surface area (Å²) in [7, 11) is -3.89. The van der Waals surface area contributed by atoms with Crippen LogP contribution < -0.4 is 14.8 Å². The van der Waals surface area contributed by atoms with Crippen molar-refractivity contribution in [2.75, 3.05) is 16.6 Å². The molecular formula is C24H22N4O4S. The fraction of sp³-hybridized carbons (Fsp3) is 0.0833. The predicted octanol–water partition coefficient (Wildman–Crippen LogP) is 4.32. The molecule has 4 aromatic rings. The molecule has 0 saturated heterocycles. The molecule has 9 heteroatoms. The largest absolute Gasteiger partial charge is 0.494 e. The van der Waals surface area contributed by atoms with E-state index in [1.165, 1.54) is 18.2 Å². The third-order valence-electron chi connectivity index (χ3n) is 4.68. The van der Waals surface area contributed by atoms with E-state index in [-0.39, 0.29) is 10.5 Å². The van der Waals surface area contributed by atoms with Gasteiger partial charge in [0.25, 0.3) is 15.9 Å². The minimum Gasteiger partial charge on any atom is -0.494 e. The van der Waals surface area contributed by atoms with Gasteiger partial charge in [-0.3, -0.25) is 9.52 Å². The minimum absolute atomic E-state index is 0.0288. The number of benzene rings is 3. The van der Waals surface area contributed by atoms with Gasteiger partial charge in [0.15, 0.2) is 5.82 Å². The van der Waals surface area contributed by atoms with Crippen molar-refractivity contribution in [1.29, 1.82) is 0 Å². The topological polar surface area (TPSA) is 102 Å². The fourth-order valence-corrected chi connectivity index (χ4v) is 4.21. The molecule has 3 aromatic carbocycles. The van der Waals surface area contributed by atoms with Crippen LogP contribution in [0.5, 0.6) is 5.75 Å². The number of nitrogens with one attached hydrogen (secondary N) is 2. The van der Waals surface area contributed by atoms with Crippen LogP contribution in [0.1, 0.15) is 17.3 Å². The molecule has 168 valence electrons. The molecule has 8 nitrogen and oxygen atoms in total. The predicted molar refractivity (Wildman–Crippen MR) is 126 cm³/mol. The van der Waals surface area contributed by atoms with Gasteiger partial charge in [0.2, 0.25) is 0 Å². The van der Waals surface area contributed by atoms with Gasteiger partial charge in [0.1, 0.15) is 5.75 Å². The van der Waals surface area contributed by atoms with Crippen molar-refractivity contribution in [3.63, 3.8) is 0 Å². The van der Waals surface area contributed by atoms with Gasteiger partial charge in [-0.25, -0.2) is 13.1 Å². The summed E-state index contributed by atoms with van der Waals surface area (Å²) in [6.07, 6.45) is 1.73. The van der Waals surface area contributed by atoms with E-state index in [9.17, 15) is 13.2 Å². The zero-order valence-corrected chi connectivity index (χ0v) is 18.6. The number of amides is 1. The molecule has 0 fully saturated rings. The first-order valence-corrected chi connectivity index (χ1v) is 11.7. The van der Waals surface area contributed by atoms with Gasteiger partial charge >= 0.3 is 0 Å². The Balaban J connectivity index is 1.47.